The van der Waals surface area contributed by atoms with Gasteiger partial charge in [0.2, 0.25) is 4.38 Å². The maximum absolute atomic E-state index is 13.0. The summed E-state index contributed by atoms with van der Waals surface area (Å²) >= 11 is 3.11. The van der Waals surface area contributed by atoms with Crippen molar-refractivity contribution in [2.45, 2.75) is 24.0 Å². The van der Waals surface area contributed by atoms with Crippen molar-refractivity contribution < 1.29 is 35.5 Å². The van der Waals surface area contributed by atoms with Crippen LogP contribution in [0.5, 0.6) is 0 Å². The molecule has 0 aliphatic heterocycles. The molecule has 10 heteroatoms. The van der Waals surface area contributed by atoms with Crippen molar-refractivity contribution in [2.75, 3.05) is 0 Å². The Morgan fingerprint density at radius 3 is 2.00 bits per heavy atom. The molecule has 0 aliphatic carbocycles. The summed E-state index contributed by atoms with van der Waals surface area (Å²) in [5.41, 5.74) is 0.492. The van der Waals surface area contributed by atoms with Gasteiger partial charge in [-0.05, 0) is 17.8 Å². The standard InChI is InChI=1S/C11H7F7OS2/c12-9(13,10(14,15)16)11(17,18)21-8(20)19-6-7-4-2-1-3-5-7/h1-5H,6H2. The molecule has 1 aromatic carbocycles. The predicted octanol–water partition coefficient (Wildman–Crippen LogP) is 5.01. The van der Waals surface area contributed by atoms with Crippen LogP contribution in [-0.2, 0) is 11.3 Å². The number of thioether (sulfide) groups is 1. The van der Waals surface area contributed by atoms with Crippen LogP contribution >= 0.6 is 24.0 Å². The lowest BCUT2D eigenvalue weighted by Crippen LogP contribution is -2.50. The summed E-state index contributed by atoms with van der Waals surface area (Å²) in [6.07, 6.45) is -6.39. The molecular formula is C11H7F7OS2. The number of rotatable bonds is 4. The predicted molar refractivity (Wildman–Crippen MR) is 67.4 cm³/mol. The Morgan fingerprint density at radius 1 is 1.00 bits per heavy atom. The van der Waals surface area contributed by atoms with Crippen LogP contribution < -0.4 is 0 Å². The van der Waals surface area contributed by atoms with Gasteiger partial charge in [-0.25, -0.2) is 0 Å². The number of ether oxygens (including phenoxy) is 1. The zero-order valence-corrected chi connectivity index (χ0v) is 11.6. The topological polar surface area (TPSA) is 9.23 Å². The molecule has 0 aliphatic rings. The van der Waals surface area contributed by atoms with E-state index in [1.54, 1.807) is 18.2 Å². The van der Waals surface area contributed by atoms with Crippen molar-refractivity contribution in [3.8, 4) is 0 Å². The molecule has 1 aromatic rings. The van der Waals surface area contributed by atoms with Gasteiger partial charge in [-0.15, -0.1) is 0 Å². The third-order valence-corrected chi connectivity index (χ3v) is 3.30. The van der Waals surface area contributed by atoms with Gasteiger partial charge in [0.25, 0.3) is 0 Å². The molecule has 0 radical (unpaired) electrons. The third kappa shape index (κ3) is 4.47. The van der Waals surface area contributed by atoms with E-state index in [2.05, 4.69) is 17.0 Å². The van der Waals surface area contributed by atoms with Gasteiger partial charge in [0, 0.05) is 11.8 Å². The van der Waals surface area contributed by atoms with E-state index in [1.165, 1.54) is 12.1 Å². The summed E-state index contributed by atoms with van der Waals surface area (Å²) in [6, 6.07) is 7.93. The second kappa shape index (κ2) is 6.39. The Hall–Kier alpha value is -1.03. The first kappa shape index (κ1) is 18.0. The van der Waals surface area contributed by atoms with Gasteiger partial charge in [-0.3, -0.25) is 0 Å². The zero-order chi connectivity index (χ0) is 16.3. The smallest absolute Gasteiger partial charge is 0.460 e. The van der Waals surface area contributed by atoms with Crippen molar-refractivity contribution in [3.05, 3.63) is 35.9 Å². The van der Waals surface area contributed by atoms with Crippen LogP contribution in [0.4, 0.5) is 30.7 Å². The van der Waals surface area contributed by atoms with Crippen molar-refractivity contribution in [1.29, 1.82) is 0 Å². The number of hydrogen-bond acceptors (Lipinski definition) is 3. The number of hydrogen-bond donors (Lipinski definition) is 0. The fourth-order valence-electron chi connectivity index (χ4n) is 1.08. The van der Waals surface area contributed by atoms with Crippen LogP contribution in [0.1, 0.15) is 5.56 Å². The molecule has 1 rings (SSSR count). The molecule has 0 fully saturated rings. The second-order valence-electron chi connectivity index (χ2n) is 3.72. The minimum Gasteiger partial charge on any atom is -0.474 e. The Kier molecular flexibility index (Phi) is 5.48. The van der Waals surface area contributed by atoms with Crippen molar-refractivity contribution in [1.82, 2.24) is 0 Å². The van der Waals surface area contributed by atoms with E-state index in [1.807, 2.05) is 0 Å². The fraction of sp³-hybridized carbons (Fsp3) is 0.364. The first-order valence-electron chi connectivity index (χ1n) is 5.19. The number of alkyl halides is 7. The second-order valence-corrected chi connectivity index (χ2v) is 5.43. The highest BCUT2D eigenvalue weighted by Gasteiger charge is 2.74. The third-order valence-electron chi connectivity index (χ3n) is 2.13. The van der Waals surface area contributed by atoms with Crippen LogP contribution in [0, 0.1) is 0 Å². The van der Waals surface area contributed by atoms with E-state index < -0.39 is 33.5 Å². The molecule has 0 saturated heterocycles. The lowest BCUT2D eigenvalue weighted by Gasteiger charge is -2.27. The van der Waals surface area contributed by atoms with Crippen LogP contribution in [-0.4, -0.2) is 21.7 Å². The normalized spacial score (nSPS) is 13.1. The van der Waals surface area contributed by atoms with Crippen molar-refractivity contribution in [3.63, 3.8) is 0 Å². The maximum atomic E-state index is 13.0. The van der Waals surface area contributed by atoms with Gasteiger partial charge in [-0.1, -0.05) is 30.3 Å². The van der Waals surface area contributed by atoms with Crippen LogP contribution in [0.3, 0.4) is 0 Å². The van der Waals surface area contributed by atoms with E-state index in [0.29, 0.717) is 5.56 Å². The van der Waals surface area contributed by atoms with E-state index in [-0.39, 0.29) is 6.61 Å². The molecule has 0 amide bonds. The molecule has 0 spiro atoms. The van der Waals surface area contributed by atoms with Gasteiger partial charge < -0.3 is 4.74 Å². The fourth-order valence-corrected chi connectivity index (χ4v) is 2.02. The molecule has 1 nitrogen and oxygen atoms in total. The van der Waals surface area contributed by atoms with Gasteiger partial charge in [0.05, 0.1) is 0 Å². The Labute approximate surface area is 124 Å². The lowest BCUT2D eigenvalue weighted by molar-refractivity contribution is -0.330. The van der Waals surface area contributed by atoms with Gasteiger partial charge in [0.1, 0.15) is 6.61 Å². The summed E-state index contributed by atoms with van der Waals surface area (Å²) in [5, 5.41) is -5.46. The molecule has 118 valence electrons. The van der Waals surface area contributed by atoms with E-state index in [0.717, 1.165) is 0 Å². The average Bonchev–Trinajstić information content (AvgIpc) is 2.35. The number of thiocarbonyl (C=S) groups is 1. The van der Waals surface area contributed by atoms with Gasteiger partial charge >= 0.3 is 17.4 Å². The molecule has 0 aromatic heterocycles. The molecule has 0 atom stereocenters. The average molecular weight is 352 g/mol. The van der Waals surface area contributed by atoms with Crippen LogP contribution in [0.15, 0.2) is 30.3 Å². The molecule has 0 heterocycles. The Bertz CT molecular complexity index is 487. The highest BCUT2D eigenvalue weighted by atomic mass is 32.2. The van der Waals surface area contributed by atoms with Crippen molar-refractivity contribution >= 4 is 28.4 Å². The molecule has 21 heavy (non-hydrogen) atoms. The van der Waals surface area contributed by atoms with Gasteiger partial charge in [-0.2, -0.15) is 30.7 Å². The quantitative estimate of drug-likeness (QED) is 0.557. The Morgan fingerprint density at radius 2 is 1.52 bits per heavy atom. The van der Waals surface area contributed by atoms with Crippen LogP contribution in [0.25, 0.3) is 0 Å². The SMILES string of the molecule is FC(F)(F)C(F)(F)C(F)(F)SC(=S)OCc1ccccc1. The van der Waals surface area contributed by atoms with E-state index >= 15 is 0 Å². The molecule has 0 unspecified atom stereocenters. The lowest BCUT2D eigenvalue weighted by atomic mass is 10.2. The number of halogens is 7. The Balaban J connectivity index is 2.65. The summed E-state index contributed by atoms with van der Waals surface area (Å²) in [5.74, 6) is -6.22. The monoisotopic (exact) mass is 352 g/mol. The molecule has 0 saturated carbocycles. The van der Waals surface area contributed by atoms with Crippen molar-refractivity contribution in [2.24, 2.45) is 0 Å². The minimum atomic E-state index is -6.39. The molecule has 0 N–H and O–H groups in total. The summed E-state index contributed by atoms with van der Waals surface area (Å²) in [6.45, 7) is -0.319. The maximum Gasteiger partial charge on any atom is 0.460 e. The summed E-state index contributed by atoms with van der Waals surface area (Å²) in [7, 11) is 0. The first-order valence-corrected chi connectivity index (χ1v) is 6.42. The van der Waals surface area contributed by atoms with Crippen LogP contribution in [0.2, 0.25) is 0 Å². The summed E-state index contributed by atoms with van der Waals surface area (Å²) in [4.78, 5) is 0. The minimum absolute atomic E-state index is 0.319. The molecular weight excluding hydrogens is 345 g/mol. The van der Waals surface area contributed by atoms with E-state index in [9.17, 15) is 30.7 Å². The van der Waals surface area contributed by atoms with Gasteiger partial charge in [0.15, 0.2) is 0 Å². The summed E-state index contributed by atoms with van der Waals surface area (Å²) < 4.78 is 90.4. The highest BCUT2D eigenvalue weighted by Crippen LogP contribution is 2.52. The molecule has 0 bridgehead atoms. The largest absolute Gasteiger partial charge is 0.474 e. The van der Waals surface area contributed by atoms with E-state index in [4.69, 9.17) is 0 Å². The highest BCUT2D eigenvalue weighted by molar-refractivity contribution is 8.23. The number of benzene rings is 1. The zero-order valence-electron chi connectivity index (χ0n) is 9.96. The first-order chi connectivity index (χ1) is 9.47.